The molecular weight excluding hydrogens is 314 g/mol. The Kier molecular flexibility index (Phi) is 8.04. The lowest BCUT2D eigenvalue weighted by Crippen LogP contribution is -2.55. The summed E-state index contributed by atoms with van der Waals surface area (Å²) in [7, 11) is 0. The normalized spacial score (nSPS) is 26.0. The molecule has 0 bridgehead atoms. The number of urea groups is 1. The van der Waals surface area contributed by atoms with Crippen molar-refractivity contribution in [2.24, 2.45) is 11.8 Å². The number of likely N-dealkylation sites (tertiary alicyclic amines) is 1. The lowest BCUT2D eigenvalue weighted by atomic mass is 9.89. The Morgan fingerprint density at radius 3 is 2.24 bits per heavy atom. The fourth-order valence-electron chi connectivity index (χ4n) is 4.20. The van der Waals surface area contributed by atoms with Crippen LogP contribution in [0.3, 0.4) is 0 Å². The van der Waals surface area contributed by atoms with E-state index in [4.69, 9.17) is 0 Å². The third kappa shape index (κ3) is 6.19. The molecule has 2 aliphatic rings. The van der Waals surface area contributed by atoms with Gasteiger partial charge in [0.1, 0.15) is 0 Å². The number of nitrogens with one attached hydrogen (secondary N) is 2. The van der Waals surface area contributed by atoms with E-state index in [1.54, 1.807) is 0 Å². The number of hydrogen-bond acceptors (Lipinski definition) is 2. The molecule has 1 heterocycles. The number of amides is 3. The van der Waals surface area contributed by atoms with Crippen LogP contribution in [0.25, 0.3) is 0 Å². The van der Waals surface area contributed by atoms with Crippen molar-refractivity contribution in [1.82, 2.24) is 15.5 Å². The topological polar surface area (TPSA) is 61.4 Å². The van der Waals surface area contributed by atoms with Crippen molar-refractivity contribution in [3.8, 4) is 0 Å². The molecule has 0 aromatic heterocycles. The van der Waals surface area contributed by atoms with Gasteiger partial charge in [0.05, 0.1) is 0 Å². The van der Waals surface area contributed by atoms with Gasteiger partial charge in [0.25, 0.3) is 0 Å². The van der Waals surface area contributed by atoms with E-state index in [2.05, 4.69) is 17.6 Å². The van der Waals surface area contributed by atoms with Gasteiger partial charge in [-0.2, -0.15) is 0 Å². The van der Waals surface area contributed by atoms with E-state index in [-0.39, 0.29) is 23.9 Å². The van der Waals surface area contributed by atoms with E-state index >= 15 is 0 Å². The minimum Gasteiger partial charge on any atom is -0.342 e. The highest BCUT2D eigenvalue weighted by Gasteiger charge is 2.32. The van der Waals surface area contributed by atoms with Crippen molar-refractivity contribution in [1.29, 1.82) is 0 Å². The van der Waals surface area contributed by atoms with Crippen LogP contribution in [-0.2, 0) is 4.79 Å². The number of piperidine rings is 1. The molecule has 1 aliphatic heterocycles. The Bertz CT molecular complexity index is 431. The van der Waals surface area contributed by atoms with Crippen LogP contribution in [0.15, 0.2) is 0 Å². The summed E-state index contributed by atoms with van der Waals surface area (Å²) in [5.74, 6) is 0.625. The molecular formula is C20H37N3O2. The van der Waals surface area contributed by atoms with E-state index in [0.717, 1.165) is 38.8 Å². The zero-order valence-electron chi connectivity index (χ0n) is 16.4. The molecule has 0 radical (unpaired) electrons. The summed E-state index contributed by atoms with van der Waals surface area (Å²) in [6, 6.07) is 0.482. The summed E-state index contributed by atoms with van der Waals surface area (Å²) in [6.45, 7) is 7.57. The first-order valence-corrected chi connectivity index (χ1v) is 10.4. The zero-order valence-corrected chi connectivity index (χ0v) is 16.4. The first-order chi connectivity index (χ1) is 12.0. The lowest BCUT2D eigenvalue weighted by molar-refractivity contribution is -0.136. The van der Waals surface area contributed by atoms with Gasteiger partial charge < -0.3 is 15.5 Å². The summed E-state index contributed by atoms with van der Waals surface area (Å²) in [6.07, 6.45) is 10.4. The van der Waals surface area contributed by atoms with Gasteiger partial charge in [0.2, 0.25) is 5.91 Å². The van der Waals surface area contributed by atoms with E-state index in [9.17, 15) is 9.59 Å². The van der Waals surface area contributed by atoms with E-state index in [1.165, 1.54) is 32.1 Å². The SMILES string of the molecule is CCC1CN(C(=O)C(C)C)CCC1NC(=O)NC1CCCCCCC1. The molecule has 2 fully saturated rings. The second kappa shape index (κ2) is 10.0. The number of rotatable bonds is 4. The van der Waals surface area contributed by atoms with Crippen molar-refractivity contribution in [3.63, 3.8) is 0 Å². The van der Waals surface area contributed by atoms with Gasteiger partial charge in [-0.3, -0.25) is 4.79 Å². The van der Waals surface area contributed by atoms with Gasteiger partial charge in [-0.1, -0.05) is 52.9 Å². The minimum absolute atomic E-state index is 0.0161. The standard InChI is InChI=1S/C20H37N3O2/c1-4-16-14-23(19(24)15(2)3)13-12-18(16)22-20(25)21-17-10-8-6-5-7-9-11-17/h15-18H,4-14H2,1-3H3,(H2,21,22,25). The average Bonchev–Trinajstić information content (AvgIpc) is 2.56. The Hall–Kier alpha value is -1.26. The maximum absolute atomic E-state index is 12.5. The van der Waals surface area contributed by atoms with E-state index < -0.39 is 0 Å². The predicted molar refractivity (Wildman–Crippen MR) is 101 cm³/mol. The van der Waals surface area contributed by atoms with Crippen LogP contribution in [-0.4, -0.2) is 42.0 Å². The van der Waals surface area contributed by atoms with Crippen molar-refractivity contribution in [3.05, 3.63) is 0 Å². The quantitative estimate of drug-likeness (QED) is 0.811. The third-order valence-electron chi connectivity index (χ3n) is 5.82. The molecule has 0 aromatic carbocycles. The largest absolute Gasteiger partial charge is 0.342 e. The maximum atomic E-state index is 12.5. The van der Waals surface area contributed by atoms with Crippen molar-refractivity contribution >= 4 is 11.9 Å². The van der Waals surface area contributed by atoms with Gasteiger partial charge in [-0.05, 0) is 31.6 Å². The van der Waals surface area contributed by atoms with Crippen LogP contribution in [0.1, 0.15) is 78.6 Å². The van der Waals surface area contributed by atoms with Gasteiger partial charge in [-0.25, -0.2) is 4.79 Å². The zero-order chi connectivity index (χ0) is 18.2. The predicted octanol–water partition coefficient (Wildman–Crippen LogP) is 3.68. The highest BCUT2D eigenvalue weighted by molar-refractivity contribution is 5.78. The first-order valence-electron chi connectivity index (χ1n) is 10.4. The van der Waals surface area contributed by atoms with E-state index in [1.807, 2.05) is 18.7 Å². The van der Waals surface area contributed by atoms with Crippen molar-refractivity contribution in [2.75, 3.05) is 13.1 Å². The molecule has 2 atom stereocenters. The van der Waals surface area contributed by atoms with Crippen LogP contribution in [0.5, 0.6) is 0 Å². The van der Waals surface area contributed by atoms with Crippen LogP contribution < -0.4 is 10.6 Å². The molecule has 5 heteroatoms. The van der Waals surface area contributed by atoms with Gasteiger partial charge in [0.15, 0.2) is 0 Å². The van der Waals surface area contributed by atoms with Crippen LogP contribution >= 0.6 is 0 Å². The van der Waals surface area contributed by atoms with Crippen LogP contribution in [0.4, 0.5) is 4.79 Å². The monoisotopic (exact) mass is 351 g/mol. The fraction of sp³-hybridized carbons (Fsp3) is 0.900. The molecule has 3 amide bonds. The molecule has 144 valence electrons. The Balaban J connectivity index is 1.82. The second-order valence-electron chi connectivity index (χ2n) is 8.16. The highest BCUT2D eigenvalue weighted by atomic mass is 16.2. The fourth-order valence-corrected chi connectivity index (χ4v) is 4.20. The first kappa shape index (κ1) is 20.1. The van der Waals surface area contributed by atoms with E-state index in [0.29, 0.717) is 12.0 Å². The van der Waals surface area contributed by atoms with Crippen molar-refractivity contribution in [2.45, 2.75) is 90.6 Å². The molecule has 1 aliphatic carbocycles. The summed E-state index contributed by atoms with van der Waals surface area (Å²) in [5, 5.41) is 6.40. The molecule has 1 saturated carbocycles. The van der Waals surface area contributed by atoms with Crippen LogP contribution in [0, 0.1) is 11.8 Å². The molecule has 2 N–H and O–H groups in total. The number of nitrogens with zero attached hydrogens (tertiary/aromatic N) is 1. The second-order valence-corrected chi connectivity index (χ2v) is 8.16. The number of carbonyl (C=O) groups is 2. The Morgan fingerprint density at radius 1 is 1.00 bits per heavy atom. The average molecular weight is 352 g/mol. The summed E-state index contributed by atoms with van der Waals surface area (Å²) >= 11 is 0. The molecule has 0 spiro atoms. The molecule has 25 heavy (non-hydrogen) atoms. The third-order valence-corrected chi connectivity index (χ3v) is 5.82. The van der Waals surface area contributed by atoms with Gasteiger partial charge >= 0.3 is 6.03 Å². The molecule has 5 nitrogen and oxygen atoms in total. The smallest absolute Gasteiger partial charge is 0.315 e. The molecule has 1 saturated heterocycles. The summed E-state index contributed by atoms with van der Waals surface area (Å²) in [4.78, 5) is 26.7. The summed E-state index contributed by atoms with van der Waals surface area (Å²) in [5.41, 5.74) is 0. The Labute approximate surface area is 153 Å². The molecule has 2 unspecified atom stereocenters. The van der Waals surface area contributed by atoms with Crippen molar-refractivity contribution < 1.29 is 9.59 Å². The maximum Gasteiger partial charge on any atom is 0.315 e. The minimum atomic E-state index is -0.0161. The van der Waals surface area contributed by atoms with Crippen LogP contribution in [0.2, 0.25) is 0 Å². The van der Waals surface area contributed by atoms with Gasteiger partial charge in [0, 0.05) is 31.1 Å². The molecule has 2 rings (SSSR count). The van der Waals surface area contributed by atoms with Gasteiger partial charge in [-0.15, -0.1) is 0 Å². The molecule has 0 aromatic rings. The highest BCUT2D eigenvalue weighted by Crippen LogP contribution is 2.22. The lowest BCUT2D eigenvalue weighted by Gasteiger charge is -2.39. The number of hydrogen-bond donors (Lipinski definition) is 2. The summed E-state index contributed by atoms with van der Waals surface area (Å²) < 4.78 is 0. The Morgan fingerprint density at radius 2 is 1.64 bits per heavy atom. The number of carbonyl (C=O) groups excluding carboxylic acids is 2.